The molecule has 1 aliphatic heterocycles. The number of aromatic nitrogens is 2. The summed E-state index contributed by atoms with van der Waals surface area (Å²) in [4.78, 5) is 33.1. The van der Waals surface area contributed by atoms with Crippen LogP contribution in [0.5, 0.6) is 0 Å². The van der Waals surface area contributed by atoms with Crippen molar-refractivity contribution in [1.82, 2.24) is 19.6 Å². The summed E-state index contributed by atoms with van der Waals surface area (Å²) in [7, 11) is 0. The smallest absolute Gasteiger partial charge is 0.265 e. The molecule has 2 atom stereocenters. The van der Waals surface area contributed by atoms with Crippen molar-refractivity contribution in [3.05, 3.63) is 70.6 Å². The Morgan fingerprint density at radius 2 is 2.00 bits per heavy atom. The molecule has 166 valence electrons. The molecule has 0 saturated carbocycles. The normalized spacial score (nSPS) is 17.5. The molecular formula is C24H25ClN4O3. The monoisotopic (exact) mass is 452 g/mol. The third kappa shape index (κ3) is 3.95. The number of carbonyl (C=O) groups excluding carboxylic acids is 1. The highest BCUT2D eigenvalue weighted by Gasteiger charge is 2.23. The van der Waals surface area contributed by atoms with Crippen LogP contribution in [-0.2, 0) is 0 Å². The highest BCUT2D eigenvalue weighted by Crippen LogP contribution is 2.23. The average Bonchev–Trinajstić information content (AvgIpc) is 3.17. The van der Waals surface area contributed by atoms with Gasteiger partial charge in [-0.15, -0.1) is 12.4 Å². The van der Waals surface area contributed by atoms with Crippen LogP contribution in [0.2, 0.25) is 0 Å². The standard InChI is InChI=1S/C24H24N4O3.ClH/c1-15(13-27-12-10-17(29)14-27)25-23(30)20-7-4-11-28-22(20)26-21-18-6-3-2-5-16(18)8-9-19(21)24(28)31;/h2-9,11,15,17,29H,10,12-14H2,1H3,(H,25,30);1H/t15-,17-;/m1./s1. The van der Waals surface area contributed by atoms with Gasteiger partial charge in [-0.25, -0.2) is 4.98 Å². The highest BCUT2D eigenvalue weighted by atomic mass is 35.5. The van der Waals surface area contributed by atoms with Crippen LogP contribution < -0.4 is 10.9 Å². The lowest BCUT2D eigenvalue weighted by Crippen LogP contribution is -2.41. The van der Waals surface area contributed by atoms with Gasteiger partial charge in [-0.2, -0.15) is 0 Å². The number of pyridine rings is 1. The van der Waals surface area contributed by atoms with E-state index in [4.69, 9.17) is 4.98 Å². The van der Waals surface area contributed by atoms with Gasteiger partial charge in [0.05, 0.1) is 22.6 Å². The quantitative estimate of drug-likeness (QED) is 0.367. The zero-order chi connectivity index (χ0) is 21.5. The van der Waals surface area contributed by atoms with Gasteiger partial charge >= 0.3 is 0 Å². The Kier molecular flexibility index (Phi) is 6.15. The molecule has 1 saturated heterocycles. The predicted molar refractivity (Wildman–Crippen MR) is 128 cm³/mol. The van der Waals surface area contributed by atoms with Gasteiger partial charge in [0.2, 0.25) is 0 Å². The first-order valence-electron chi connectivity index (χ1n) is 10.6. The number of nitrogens with one attached hydrogen (secondary N) is 1. The maximum Gasteiger partial charge on any atom is 0.265 e. The first-order valence-corrected chi connectivity index (χ1v) is 10.6. The second-order valence-electron chi connectivity index (χ2n) is 8.29. The Labute approximate surface area is 191 Å². The van der Waals surface area contributed by atoms with Gasteiger partial charge in [-0.05, 0) is 36.9 Å². The molecule has 5 rings (SSSR count). The second kappa shape index (κ2) is 8.86. The van der Waals surface area contributed by atoms with Crippen LogP contribution >= 0.6 is 12.4 Å². The summed E-state index contributed by atoms with van der Waals surface area (Å²) >= 11 is 0. The first-order chi connectivity index (χ1) is 15.0. The van der Waals surface area contributed by atoms with Crippen molar-refractivity contribution in [2.45, 2.75) is 25.5 Å². The molecule has 1 amide bonds. The molecule has 2 aromatic carbocycles. The fourth-order valence-corrected chi connectivity index (χ4v) is 4.45. The number of nitrogens with zero attached hydrogens (tertiary/aromatic N) is 3. The minimum absolute atomic E-state index is 0. The number of rotatable bonds is 4. The number of carbonyl (C=O) groups is 1. The minimum atomic E-state index is -0.292. The Morgan fingerprint density at radius 3 is 2.78 bits per heavy atom. The number of aliphatic hydroxyl groups excluding tert-OH is 1. The zero-order valence-corrected chi connectivity index (χ0v) is 18.5. The predicted octanol–water partition coefficient (Wildman–Crippen LogP) is 2.61. The van der Waals surface area contributed by atoms with Gasteiger partial charge in [0.15, 0.2) is 5.65 Å². The molecule has 0 radical (unpaired) electrons. The van der Waals surface area contributed by atoms with Crippen molar-refractivity contribution in [2.75, 3.05) is 19.6 Å². The van der Waals surface area contributed by atoms with E-state index >= 15 is 0 Å². The first kappa shape index (κ1) is 22.2. The molecule has 0 bridgehead atoms. The van der Waals surface area contributed by atoms with Gasteiger partial charge in [0.1, 0.15) is 0 Å². The number of benzene rings is 2. The number of halogens is 1. The van der Waals surface area contributed by atoms with Crippen molar-refractivity contribution >= 4 is 45.6 Å². The lowest BCUT2D eigenvalue weighted by molar-refractivity contribution is 0.0931. The minimum Gasteiger partial charge on any atom is -0.392 e. The molecule has 0 spiro atoms. The van der Waals surface area contributed by atoms with E-state index < -0.39 is 0 Å². The van der Waals surface area contributed by atoms with Crippen LogP contribution in [0.3, 0.4) is 0 Å². The zero-order valence-electron chi connectivity index (χ0n) is 17.7. The fourth-order valence-electron chi connectivity index (χ4n) is 4.45. The van der Waals surface area contributed by atoms with Crippen molar-refractivity contribution < 1.29 is 9.90 Å². The van der Waals surface area contributed by atoms with E-state index in [0.29, 0.717) is 35.2 Å². The summed E-state index contributed by atoms with van der Waals surface area (Å²) in [5.74, 6) is -0.267. The number of β-amino-alcohol motifs (C(OH)–C–C–N with tert-alkyl or cyclic N) is 1. The Bertz CT molecular complexity index is 1370. The molecule has 2 aromatic heterocycles. The number of aliphatic hydroxyl groups is 1. The average molecular weight is 453 g/mol. The van der Waals surface area contributed by atoms with Gasteiger partial charge in [0.25, 0.3) is 11.5 Å². The summed E-state index contributed by atoms with van der Waals surface area (Å²) in [6.45, 7) is 4.06. The van der Waals surface area contributed by atoms with Crippen LogP contribution in [0, 0.1) is 0 Å². The Morgan fingerprint density at radius 1 is 1.19 bits per heavy atom. The molecular weight excluding hydrogens is 428 g/mol. The maximum absolute atomic E-state index is 13.2. The fraction of sp³-hybridized carbons (Fsp3) is 0.292. The maximum atomic E-state index is 13.2. The summed E-state index contributed by atoms with van der Waals surface area (Å²) in [6, 6.07) is 14.8. The van der Waals surface area contributed by atoms with Crippen molar-refractivity contribution in [3.63, 3.8) is 0 Å². The summed E-state index contributed by atoms with van der Waals surface area (Å²) in [6.07, 6.45) is 2.11. The van der Waals surface area contributed by atoms with Crippen molar-refractivity contribution in [1.29, 1.82) is 0 Å². The van der Waals surface area contributed by atoms with E-state index in [9.17, 15) is 14.7 Å². The van der Waals surface area contributed by atoms with Crippen LogP contribution in [0.15, 0.2) is 59.5 Å². The number of fused-ring (bicyclic) bond motifs is 4. The lowest BCUT2D eigenvalue weighted by atomic mass is 10.1. The van der Waals surface area contributed by atoms with Gasteiger partial charge < -0.3 is 10.4 Å². The molecule has 4 aromatic rings. The SMILES string of the molecule is C[C@H](CN1CC[C@@H](O)C1)NC(=O)c1cccn2c(=O)c3ccc4ccccc4c3nc12.Cl. The molecule has 0 aliphatic carbocycles. The van der Waals surface area contributed by atoms with Crippen molar-refractivity contribution in [2.24, 2.45) is 0 Å². The molecule has 1 aliphatic rings. The Balaban J connectivity index is 0.00000245. The van der Waals surface area contributed by atoms with Gasteiger partial charge in [0, 0.05) is 37.3 Å². The highest BCUT2D eigenvalue weighted by molar-refractivity contribution is 6.07. The topological polar surface area (TPSA) is 86.9 Å². The van der Waals surface area contributed by atoms with Crippen molar-refractivity contribution in [3.8, 4) is 0 Å². The van der Waals surface area contributed by atoms with E-state index in [0.717, 1.165) is 23.7 Å². The largest absolute Gasteiger partial charge is 0.392 e. The molecule has 1 fully saturated rings. The van der Waals surface area contributed by atoms with Crippen LogP contribution in [0.4, 0.5) is 0 Å². The summed E-state index contributed by atoms with van der Waals surface area (Å²) in [5, 5.41) is 15.1. The summed E-state index contributed by atoms with van der Waals surface area (Å²) < 4.78 is 1.44. The molecule has 0 unspecified atom stereocenters. The third-order valence-corrected chi connectivity index (χ3v) is 5.94. The van der Waals surface area contributed by atoms with Crippen LogP contribution in [-0.4, -0.2) is 57.1 Å². The van der Waals surface area contributed by atoms with Gasteiger partial charge in [-0.3, -0.25) is 18.9 Å². The van der Waals surface area contributed by atoms with Gasteiger partial charge in [-0.1, -0.05) is 30.3 Å². The number of hydrogen-bond acceptors (Lipinski definition) is 5. The molecule has 32 heavy (non-hydrogen) atoms. The number of likely N-dealkylation sites (tertiary alicyclic amines) is 1. The second-order valence-corrected chi connectivity index (χ2v) is 8.29. The molecule has 7 nitrogen and oxygen atoms in total. The van der Waals surface area contributed by atoms with E-state index in [1.54, 1.807) is 24.4 Å². The lowest BCUT2D eigenvalue weighted by Gasteiger charge is -2.21. The van der Waals surface area contributed by atoms with E-state index in [1.807, 2.05) is 37.3 Å². The van der Waals surface area contributed by atoms with E-state index in [1.165, 1.54) is 4.40 Å². The van der Waals surface area contributed by atoms with Crippen LogP contribution in [0.1, 0.15) is 23.7 Å². The number of amides is 1. The summed E-state index contributed by atoms with van der Waals surface area (Å²) in [5.41, 5.74) is 1.11. The number of hydrogen-bond donors (Lipinski definition) is 2. The Hall–Kier alpha value is -3.00. The molecule has 3 heterocycles. The molecule has 8 heteroatoms. The van der Waals surface area contributed by atoms with Crippen LogP contribution in [0.25, 0.3) is 27.3 Å². The van der Waals surface area contributed by atoms with E-state index in [2.05, 4.69) is 10.2 Å². The van der Waals surface area contributed by atoms with E-state index in [-0.39, 0.29) is 36.0 Å². The molecule has 2 N–H and O–H groups in total. The third-order valence-electron chi connectivity index (χ3n) is 5.94.